The number of carbonyl (C=O) groups excluding carboxylic acids is 3. The third-order valence-corrected chi connectivity index (χ3v) is 5.09. The Labute approximate surface area is 162 Å². The van der Waals surface area contributed by atoms with Crippen molar-refractivity contribution in [3.8, 4) is 0 Å². The molecule has 1 heterocycles. The minimum Gasteiger partial charge on any atom is -0.457 e. The molecule has 0 unspecified atom stereocenters. The average Bonchev–Trinajstić information content (AvgIpc) is 3.04. The van der Waals surface area contributed by atoms with Crippen LogP contribution in [0.4, 0.5) is 5.69 Å². The molecule has 1 fully saturated rings. The second-order valence-corrected chi connectivity index (χ2v) is 7.10. The van der Waals surface area contributed by atoms with Gasteiger partial charge >= 0.3 is 5.97 Å². The molecule has 3 rings (SSSR count). The first-order valence-corrected chi connectivity index (χ1v) is 9.06. The van der Waals surface area contributed by atoms with Gasteiger partial charge in [-0.1, -0.05) is 23.7 Å². The number of hydrogen-bond donors (Lipinski definition) is 0. The summed E-state index contributed by atoms with van der Waals surface area (Å²) in [5, 5.41) is 0.527. The largest absolute Gasteiger partial charge is 0.457 e. The lowest BCUT2D eigenvalue weighted by Gasteiger charge is -2.20. The number of amides is 1. The van der Waals surface area contributed by atoms with E-state index in [0.29, 0.717) is 10.6 Å². The van der Waals surface area contributed by atoms with Crippen molar-refractivity contribution in [1.29, 1.82) is 0 Å². The van der Waals surface area contributed by atoms with Crippen molar-refractivity contribution in [2.45, 2.75) is 20.3 Å². The van der Waals surface area contributed by atoms with Crippen LogP contribution in [0.2, 0.25) is 5.02 Å². The van der Waals surface area contributed by atoms with Crippen LogP contribution in [0.3, 0.4) is 0 Å². The summed E-state index contributed by atoms with van der Waals surface area (Å²) in [5.74, 6) is -1.53. The predicted molar refractivity (Wildman–Crippen MR) is 103 cm³/mol. The van der Waals surface area contributed by atoms with Crippen LogP contribution < -0.4 is 4.90 Å². The quantitative estimate of drug-likeness (QED) is 0.581. The molecule has 0 bridgehead atoms. The summed E-state index contributed by atoms with van der Waals surface area (Å²) in [7, 11) is 0. The molecule has 1 aliphatic heterocycles. The number of benzene rings is 2. The van der Waals surface area contributed by atoms with E-state index in [2.05, 4.69) is 0 Å². The molecule has 0 spiro atoms. The van der Waals surface area contributed by atoms with Crippen molar-refractivity contribution >= 4 is 34.9 Å². The molecule has 140 valence electrons. The third-order valence-electron chi connectivity index (χ3n) is 4.84. The van der Waals surface area contributed by atoms with Gasteiger partial charge in [-0.25, -0.2) is 0 Å². The van der Waals surface area contributed by atoms with E-state index < -0.39 is 11.9 Å². The van der Waals surface area contributed by atoms with E-state index in [1.165, 1.54) is 0 Å². The van der Waals surface area contributed by atoms with Gasteiger partial charge in [0.25, 0.3) is 0 Å². The zero-order valence-electron chi connectivity index (χ0n) is 15.2. The summed E-state index contributed by atoms with van der Waals surface area (Å²) in [6.07, 6.45) is 0.0847. The van der Waals surface area contributed by atoms with Gasteiger partial charge in [-0.15, -0.1) is 0 Å². The van der Waals surface area contributed by atoms with E-state index >= 15 is 0 Å². The van der Waals surface area contributed by atoms with E-state index in [0.717, 1.165) is 16.8 Å². The lowest BCUT2D eigenvalue weighted by Crippen LogP contribution is -2.27. The van der Waals surface area contributed by atoms with Crippen molar-refractivity contribution in [3.05, 3.63) is 64.2 Å². The fourth-order valence-corrected chi connectivity index (χ4v) is 3.23. The molecule has 0 N–H and O–H groups in total. The molecule has 2 aromatic carbocycles. The Bertz CT molecular complexity index is 892. The molecule has 6 heteroatoms. The van der Waals surface area contributed by atoms with Crippen LogP contribution in [0.15, 0.2) is 42.5 Å². The monoisotopic (exact) mass is 385 g/mol. The highest BCUT2D eigenvalue weighted by Crippen LogP contribution is 2.29. The number of hydrogen-bond acceptors (Lipinski definition) is 4. The number of Topliss-reactive ketones (excluding diaryl/α,β-unsaturated/α-hetero) is 1. The van der Waals surface area contributed by atoms with E-state index in [4.69, 9.17) is 16.3 Å². The first-order valence-electron chi connectivity index (χ1n) is 8.69. The number of ether oxygens (including phenoxy) is 1. The number of carbonyl (C=O) groups is 3. The van der Waals surface area contributed by atoms with Crippen LogP contribution in [0.1, 0.15) is 27.9 Å². The summed E-state index contributed by atoms with van der Waals surface area (Å²) in [4.78, 5) is 38.4. The first kappa shape index (κ1) is 19.1. The number of aryl methyl sites for hydroxylation is 1. The molecule has 1 atom stereocenters. The number of ketones is 1. The lowest BCUT2D eigenvalue weighted by molar-refractivity contribution is -0.147. The Morgan fingerprint density at radius 1 is 1.15 bits per heavy atom. The average molecular weight is 386 g/mol. The summed E-state index contributed by atoms with van der Waals surface area (Å²) < 4.78 is 5.16. The fraction of sp³-hybridized carbons (Fsp3) is 0.286. The van der Waals surface area contributed by atoms with E-state index in [1.807, 2.05) is 32.0 Å². The molecule has 2 aromatic rings. The summed E-state index contributed by atoms with van der Waals surface area (Å²) in [6.45, 7) is 3.84. The Hall–Kier alpha value is -2.66. The van der Waals surface area contributed by atoms with Crippen LogP contribution >= 0.6 is 11.6 Å². The number of nitrogens with zero attached hydrogens (tertiary/aromatic N) is 1. The highest BCUT2D eigenvalue weighted by Gasteiger charge is 2.37. The van der Waals surface area contributed by atoms with Crippen molar-refractivity contribution in [3.63, 3.8) is 0 Å². The van der Waals surface area contributed by atoms with Crippen LogP contribution in [-0.4, -0.2) is 30.8 Å². The maximum atomic E-state index is 12.4. The van der Waals surface area contributed by atoms with E-state index in [-0.39, 0.29) is 31.3 Å². The first-order chi connectivity index (χ1) is 12.9. The molecule has 1 saturated heterocycles. The fourth-order valence-electron chi connectivity index (χ4n) is 3.10. The molecule has 0 saturated carbocycles. The third kappa shape index (κ3) is 4.19. The number of halogens is 1. The number of rotatable bonds is 5. The Morgan fingerprint density at radius 2 is 1.85 bits per heavy atom. The Kier molecular flexibility index (Phi) is 5.61. The Balaban J connectivity index is 1.61. The Morgan fingerprint density at radius 3 is 2.56 bits per heavy atom. The maximum absolute atomic E-state index is 12.4. The number of anilines is 1. The van der Waals surface area contributed by atoms with Crippen molar-refractivity contribution < 1.29 is 19.1 Å². The molecular formula is C21H20ClNO4. The normalized spacial score (nSPS) is 16.5. The minimum absolute atomic E-state index is 0.0847. The molecule has 0 aromatic heterocycles. The van der Waals surface area contributed by atoms with Gasteiger partial charge in [0.05, 0.1) is 5.92 Å². The summed E-state index contributed by atoms with van der Waals surface area (Å²) in [5.41, 5.74) is 3.33. The molecule has 27 heavy (non-hydrogen) atoms. The van der Waals surface area contributed by atoms with Crippen LogP contribution in [-0.2, 0) is 14.3 Å². The van der Waals surface area contributed by atoms with Crippen molar-refractivity contribution in [2.75, 3.05) is 18.1 Å². The highest BCUT2D eigenvalue weighted by molar-refractivity contribution is 6.30. The van der Waals surface area contributed by atoms with Gasteiger partial charge in [-0.3, -0.25) is 14.4 Å². The molecule has 5 nitrogen and oxygen atoms in total. The molecule has 0 radical (unpaired) electrons. The van der Waals surface area contributed by atoms with E-state index in [9.17, 15) is 14.4 Å². The van der Waals surface area contributed by atoms with Gasteiger partial charge in [0.15, 0.2) is 12.4 Å². The minimum atomic E-state index is -0.574. The number of esters is 1. The standard InChI is InChI=1S/C21H20ClNO4/c1-13-4-3-5-18(14(13)2)23-11-16(10-20(23)25)21(26)27-12-19(24)15-6-8-17(22)9-7-15/h3-9,16H,10-12H2,1-2H3/t16-/m0/s1. The zero-order valence-corrected chi connectivity index (χ0v) is 16.0. The molecular weight excluding hydrogens is 366 g/mol. The van der Waals surface area contributed by atoms with Crippen molar-refractivity contribution in [2.24, 2.45) is 5.92 Å². The van der Waals surface area contributed by atoms with Crippen LogP contribution in [0, 0.1) is 19.8 Å². The van der Waals surface area contributed by atoms with Crippen LogP contribution in [0.5, 0.6) is 0 Å². The predicted octanol–water partition coefficient (Wildman–Crippen LogP) is 3.74. The zero-order chi connectivity index (χ0) is 19.6. The summed E-state index contributed by atoms with van der Waals surface area (Å²) in [6, 6.07) is 12.1. The van der Waals surface area contributed by atoms with Gasteiger partial charge in [-0.05, 0) is 55.3 Å². The molecule has 0 aliphatic carbocycles. The summed E-state index contributed by atoms with van der Waals surface area (Å²) >= 11 is 5.80. The maximum Gasteiger partial charge on any atom is 0.311 e. The van der Waals surface area contributed by atoms with Crippen LogP contribution in [0.25, 0.3) is 0 Å². The van der Waals surface area contributed by atoms with Gasteiger partial charge < -0.3 is 9.64 Å². The van der Waals surface area contributed by atoms with Gasteiger partial charge in [0, 0.05) is 29.2 Å². The SMILES string of the molecule is Cc1cccc(N2C[C@@H](C(=O)OCC(=O)c3ccc(Cl)cc3)CC2=O)c1C. The van der Waals surface area contributed by atoms with Crippen molar-refractivity contribution in [1.82, 2.24) is 0 Å². The van der Waals surface area contributed by atoms with Gasteiger partial charge in [0.2, 0.25) is 5.91 Å². The smallest absolute Gasteiger partial charge is 0.311 e. The topological polar surface area (TPSA) is 63.7 Å². The van der Waals surface area contributed by atoms with Gasteiger partial charge in [0.1, 0.15) is 0 Å². The lowest BCUT2D eigenvalue weighted by atomic mass is 10.1. The highest BCUT2D eigenvalue weighted by atomic mass is 35.5. The second-order valence-electron chi connectivity index (χ2n) is 6.66. The molecule has 1 amide bonds. The van der Waals surface area contributed by atoms with E-state index in [1.54, 1.807) is 29.2 Å². The second kappa shape index (κ2) is 7.92. The van der Waals surface area contributed by atoms with Gasteiger partial charge in [-0.2, -0.15) is 0 Å². The molecule has 1 aliphatic rings.